The first-order valence-electron chi connectivity index (χ1n) is 20.1. The van der Waals surface area contributed by atoms with Gasteiger partial charge in [-0.05, 0) is 140 Å². The summed E-state index contributed by atoms with van der Waals surface area (Å²) in [5.74, 6) is 1.30. The molecule has 2 aromatic rings. The van der Waals surface area contributed by atoms with Crippen LogP contribution in [0.5, 0.6) is 0 Å². The lowest BCUT2D eigenvalue weighted by Crippen LogP contribution is -2.62. The van der Waals surface area contributed by atoms with Gasteiger partial charge >= 0.3 is 11.9 Å². The molecule has 53 heavy (non-hydrogen) atoms. The first-order valence-corrected chi connectivity index (χ1v) is 20.5. The summed E-state index contributed by atoms with van der Waals surface area (Å²) in [7, 11) is 0. The first kappa shape index (κ1) is 39.7. The van der Waals surface area contributed by atoms with Crippen molar-refractivity contribution < 1.29 is 28.6 Å². The highest BCUT2D eigenvalue weighted by molar-refractivity contribution is 6.30. The number of aliphatic carboxylic acids is 1. The van der Waals surface area contributed by atoms with Gasteiger partial charge in [-0.2, -0.15) is 0 Å². The molecule has 0 saturated heterocycles. The molecule has 0 unspecified atom stereocenters. The lowest BCUT2D eigenvalue weighted by molar-refractivity contribution is -0.184. The van der Waals surface area contributed by atoms with E-state index in [2.05, 4.69) is 46.6 Å². The zero-order valence-electron chi connectivity index (χ0n) is 33.4. The molecule has 4 aliphatic carbocycles. The Balaban J connectivity index is 1.28. The molecule has 3 saturated carbocycles. The van der Waals surface area contributed by atoms with Crippen LogP contribution in [0.4, 0.5) is 0 Å². The fourth-order valence-corrected chi connectivity index (χ4v) is 11.7. The number of carboxylic acids is 1. The highest BCUT2D eigenvalue weighted by atomic mass is 35.5. The number of fused-ring (bicyclic) bond motifs is 5. The van der Waals surface area contributed by atoms with Crippen LogP contribution in [0, 0.1) is 45.3 Å². The molecule has 4 aliphatic rings. The fourth-order valence-electron chi connectivity index (χ4n) is 11.6. The van der Waals surface area contributed by atoms with Crippen LogP contribution in [-0.2, 0) is 31.0 Å². The van der Waals surface area contributed by atoms with E-state index in [9.17, 15) is 19.5 Å². The van der Waals surface area contributed by atoms with Crippen LogP contribution in [0.2, 0.25) is 5.02 Å². The van der Waals surface area contributed by atoms with Gasteiger partial charge in [-0.1, -0.05) is 72.2 Å². The topological polar surface area (TPSA) is 120 Å². The highest BCUT2D eigenvalue weighted by Gasteiger charge is 2.68. The van der Waals surface area contributed by atoms with Gasteiger partial charge in [0.1, 0.15) is 6.10 Å². The molecule has 1 aromatic carbocycles. The number of Topliss-reactive ketones (excluding diaryl/α,β-unsaturated/α-hetero) is 1. The van der Waals surface area contributed by atoms with Crippen LogP contribution >= 0.6 is 11.6 Å². The molecule has 6 rings (SSSR count). The first-order chi connectivity index (χ1) is 24.8. The van der Waals surface area contributed by atoms with E-state index in [1.54, 1.807) is 13.8 Å². The van der Waals surface area contributed by atoms with Crippen LogP contribution < -0.4 is 0 Å². The molecular weight excluding hydrogens is 688 g/mol. The van der Waals surface area contributed by atoms with Crippen molar-refractivity contribution in [3.05, 3.63) is 57.8 Å². The van der Waals surface area contributed by atoms with Crippen molar-refractivity contribution in [1.82, 2.24) is 10.2 Å². The van der Waals surface area contributed by atoms with Gasteiger partial charge in [0.15, 0.2) is 5.78 Å². The summed E-state index contributed by atoms with van der Waals surface area (Å²) in [5.41, 5.74) is 1.67. The number of halogens is 1. The predicted octanol–water partition coefficient (Wildman–Crippen LogP) is 10.3. The van der Waals surface area contributed by atoms with E-state index in [1.165, 1.54) is 5.57 Å². The van der Waals surface area contributed by atoms with Gasteiger partial charge in [-0.3, -0.25) is 14.4 Å². The van der Waals surface area contributed by atoms with Gasteiger partial charge in [0.25, 0.3) is 0 Å². The number of carboxylic acid groups (broad SMARTS) is 1. The minimum Gasteiger partial charge on any atom is -0.481 e. The standard InChI is InChI=1S/C44H61ClN2O6/c1-10-30(52-35(49)25-40(5,6)39(50)51)18-19-41(7)27(4)17-20-43(9)33(41)16-15-31-37-36(26(2)3)32(48)24-44(37,22-21-42(31,43)8)38-47-46-34(53-38)23-28-11-13-29(45)14-12-28/h11-14,26-27,30-31,33H,10,15-25H2,1-9H3,(H,50,51)/t27-,30-,31-,33-,41+,42-,43-,44-/m1/s1. The maximum Gasteiger partial charge on any atom is 0.309 e. The number of rotatable bonds is 12. The number of carbonyl (C=O) groups excluding carboxylic acids is 2. The van der Waals surface area contributed by atoms with E-state index < -0.39 is 22.8 Å². The molecule has 3 fully saturated rings. The molecule has 0 amide bonds. The van der Waals surface area contributed by atoms with Crippen molar-refractivity contribution >= 4 is 29.3 Å². The van der Waals surface area contributed by atoms with E-state index >= 15 is 0 Å². The number of ketones is 1. The Morgan fingerprint density at radius 3 is 2.38 bits per heavy atom. The minimum atomic E-state index is -1.16. The lowest BCUT2D eigenvalue weighted by Gasteiger charge is -2.69. The zero-order valence-corrected chi connectivity index (χ0v) is 34.2. The number of ether oxygens (including phenoxy) is 1. The Morgan fingerprint density at radius 2 is 1.74 bits per heavy atom. The predicted molar refractivity (Wildman–Crippen MR) is 205 cm³/mol. The molecular formula is C44H61ClN2O6. The summed E-state index contributed by atoms with van der Waals surface area (Å²) in [6.07, 6.45) is 9.12. The molecule has 1 heterocycles. The summed E-state index contributed by atoms with van der Waals surface area (Å²) >= 11 is 6.13. The number of hydrogen-bond acceptors (Lipinski definition) is 7. The Hall–Kier alpha value is -3.00. The molecule has 8 atom stereocenters. The third-order valence-electron chi connectivity index (χ3n) is 15.2. The number of benzene rings is 1. The summed E-state index contributed by atoms with van der Waals surface area (Å²) in [4.78, 5) is 38.7. The van der Waals surface area contributed by atoms with Gasteiger partial charge < -0.3 is 14.3 Å². The van der Waals surface area contributed by atoms with E-state index in [1.807, 2.05) is 31.2 Å². The molecule has 0 radical (unpaired) electrons. The van der Waals surface area contributed by atoms with E-state index in [4.69, 9.17) is 25.9 Å². The monoisotopic (exact) mass is 748 g/mol. The van der Waals surface area contributed by atoms with Gasteiger partial charge in [0, 0.05) is 11.4 Å². The summed E-state index contributed by atoms with van der Waals surface area (Å²) < 4.78 is 12.5. The Bertz CT molecular complexity index is 1760. The second-order valence-electron chi connectivity index (χ2n) is 18.9. The quantitative estimate of drug-likeness (QED) is 0.213. The Labute approximate surface area is 321 Å². The second kappa shape index (κ2) is 14.3. The van der Waals surface area contributed by atoms with Crippen LogP contribution in [0.1, 0.15) is 150 Å². The maximum absolute atomic E-state index is 14.1. The second-order valence-corrected chi connectivity index (χ2v) is 19.3. The number of hydrogen-bond donors (Lipinski definition) is 1. The molecule has 8 nitrogen and oxygen atoms in total. The van der Waals surface area contributed by atoms with Gasteiger partial charge in [-0.25, -0.2) is 0 Å². The Kier molecular flexibility index (Phi) is 10.7. The number of carbonyl (C=O) groups is 3. The largest absolute Gasteiger partial charge is 0.481 e. The van der Waals surface area contributed by atoms with Gasteiger partial charge in [0.2, 0.25) is 11.8 Å². The van der Waals surface area contributed by atoms with Crippen molar-refractivity contribution in [3.63, 3.8) is 0 Å². The number of esters is 1. The van der Waals surface area contributed by atoms with Crippen molar-refractivity contribution in [3.8, 4) is 0 Å². The number of nitrogens with zero attached hydrogens (tertiary/aromatic N) is 2. The minimum absolute atomic E-state index is 0.0217. The molecule has 1 N–H and O–H groups in total. The summed E-state index contributed by atoms with van der Waals surface area (Å²) in [6.45, 7) is 19.5. The van der Waals surface area contributed by atoms with Crippen LogP contribution in [-0.4, -0.2) is 39.1 Å². The van der Waals surface area contributed by atoms with E-state index in [0.717, 1.165) is 62.5 Å². The summed E-state index contributed by atoms with van der Waals surface area (Å²) in [6, 6.07) is 7.70. The van der Waals surface area contributed by atoms with Crippen LogP contribution in [0.15, 0.2) is 39.8 Å². The van der Waals surface area contributed by atoms with E-state index in [0.29, 0.717) is 47.9 Å². The van der Waals surface area contributed by atoms with Gasteiger partial charge in [0.05, 0.1) is 23.7 Å². The highest BCUT2D eigenvalue weighted by Crippen LogP contribution is 2.74. The van der Waals surface area contributed by atoms with Crippen molar-refractivity contribution in [2.45, 2.75) is 151 Å². The molecule has 0 bridgehead atoms. The normalized spacial score (nSPS) is 33.3. The Morgan fingerprint density at radius 1 is 1.04 bits per heavy atom. The third kappa shape index (κ3) is 6.71. The SMILES string of the molecule is CC[C@H](CC[C@@]1(C)[C@H](C)CC[C@]2(C)[C@@H]1CC[C@@H]1C3=C(C(C)C)C(=O)C[C@]3(c3nnc(Cc4ccc(Cl)cc4)o3)CC[C@]12C)OC(=O)CC(C)(C)C(=O)O. The molecule has 0 aliphatic heterocycles. The van der Waals surface area contributed by atoms with Crippen molar-refractivity contribution in [2.24, 2.45) is 45.3 Å². The smallest absolute Gasteiger partial charge is 0.309 e. The fraction of sp³-hybridized carbons (Fsp3) is 0.705. The van der Waals surface area contributed by atoms with Gasteiger partial charge in [-0.15, -0.1) is 10.2 Å². The number of aromatic nitrogens is 2. The van der Waals surface area contributed by atoms with Crippen molar-refractivity contribution in [1.29, 1.82) is 0 Å². The van der Waals surface area contributed by atoms with Crippen LogP contribution in [0.25, 0.3) is 0 Å². The molecule has 1 aromatic heterocycles. The van der Waals surface area contributed by atoms with Crippen LogP contribution in [0.3, 0.4) is 0 Å². The lowest BCUT2D eigenvalue weighted by atomic mass is 9.35. The zero-order chi connectivity index (χ0) is 38.7. The average Bonchev–Trinajstić information content (AvgIpc) is 3.68. The third-order valence-corrected chi connectivity index (χ3v) is 15.5. The maximum atomic E-state index is 14.1. The number of allylic oxidation sites excluding steroid dienone is 2. The molecule has 290 valence electrons. The van der Waals surface area contributed by atoms with Crippen molar-refractivity contribution in [2.75, 3.05) is 0 Å². The molecule has 9 heteroatoms. The average molecular weight is 749 g/mol. The molecule has 0 spiro atoms. The summed E-state index contributed by atoms with van der Waals surface area (Å²) in [5, 5.41) is 19.5. The van der Waals surface area contributed by atoms with E-state index in [-0.39, 0.29) is 46.4 Å².